The van der Waals surface area contributed by atoms with Gasteiger partial charge in [0.1, 0.15) is 42.9 Å². The van der Waals surface area contributed by atoms with Crippen molar-refractivity contribution in [2.24, 2.45) is 11.7 Å². The average molecular weight is 498 g/mol. The number of alkyl carbamates (subject to hydrolysis) is 1. The van der Waals surface area contributed by atoms with Gasteiger partial charge in [-0.3, -0.25) is 4.79 Å². The van der Waals surface area contributed by atoms with Gasteiger partial charge in [0.05, 0.1) is 0 Å². The van der Waals surface area contributed by atoms with Crippen LogP contribution in [-0.2, 0) is 28.5 Å². The third-order valence-corrected chi connectivity index (χ3v) is 5.19. The van der Waals surface area contributed by atoms with Crippen LogP contribution >= 0.6 is 0 Å². The maximum atomic E-state index is 12.9. The molecule has 3 N–H and O–H groups in total. The second-order valence-corrected chi connectivity index (χ2v) is 10.5. The molecule has 13 heteroatoms. The number of aromatic nitrogens is 3. The molecule has 35 heavy (non-hydrogen) atoms. The summed E-state index contributed by atoms with van der Waals surface area (Å²) in [6.45, 7) is 12.4. The van der Waals surface area contributed by atoms with Crippen LogP contribution in [0.25, 0.3) is 0 Å². The maximum Gasteiger partial charge on any atom is 0.408 e. The van der Waals surface area contributed by atoms with Gasteiger partial charge in [-0.1, -0.05) is 13.8 Å². The molecule has 0 spiro atoms. The van der Waals surface area contributed by atoms with Gasteiger partial charge in [-0.25, -0.2) is 19.3 Å². The van der Waals surface area contributed by atoms with E-state index < -0.39 is 59.9 Å². The Hall–Kier alpha value is -2.77. The summed E-state index contributed by atoms with van der Waals surface area (Å²) in [5.74, 6) is -2.36. The molecule has 196 valence electrons. The van der Waals surface area contributed by atoms with Crippen LogP contribution in [0, 0.1) is 5.92 Å². The number of hydrogen-bond donors (Lipinski definition) is 2. The first-order chi connectivity index (χ1) is 16.1. The minimum atomic E-state index is -0.912. The quantitative estimate of drug-likeness (QED) is 0.499. The second-order valence-electron chi connectivity index (χ2n) is 10.5. The monoisotopic (exact) mass is 497 g/mol. The summed E-state index contributed by atoms with van der Waals surface area (Å²) in [6, 6.07) is -0.900. The van der Waals surface area contributed by atoms with Crippen LogP contribution in [0.4, 0.5) is 4.79 Å². The van der Waals surface area contributed by atoms with Crippen LogP contribution < -0.4 is 11.1 Å². The van der Waals surface area contributed by atoms with Crippen LogP contribution in [0.15, 0.2) is 6.33 Å². The molecule has 0 aliphatic carbocycles. The highest BCUT2D eigenvalue weighted by Crippen LogP contribution is 2.42. The molecule has 4 unspecified atom stereocenters. The Bertz CT molecular complexity index is 941. The largest absolute Gasteiger partial charge is 0.461 e. The van der Waals surface area contributed by atoms with Gasteiger partial charge in [0.2, 0.25) is 5.82 Å². The Morgan fingerprint density at radius 3 is 2.46 bits per heavy atom. The molecule has 2 saturated heterocycles. The lowest BCUT2D eigenvalue weighted by Crippen LogP contribution is -2.46. The predicted octanol–water partition coefficient (Wildman–Crippen LogP) is 1.28. The van der Waals surface area contributed by atoms with Crippen LogP contribution in [0.5, 0.6) is 0 Å². The molecule has 1 aromatic rings. The highest BCUT2D eigenvalue weighted by Gasteiger charge is 2.56. The van der Waals surface area contributed by atoms with E-state index in [0.29, 0.717) is 6.42 Å². The van der Waals surface area contributed by atoms with E-state index in [4.69, 9.17) is 29.4 Å². The van der Waals surface area contributed by atoms with E-state index in [-0.39, 0.29) is 18.3 Å². The van der Waals surface area contributed by atoms with Gasteiger partial charge >= 0.3 is 12.1 Å². The summed E-state index contributed by atoms with van der Waals surface area (Å²) < 4.78 is 30.1. The fourth-order valence-electron chi connectivity index (χ4n) is 3.92. The van der Waals surface area contributed by atoms with E-state index >= 15 is 0 Å². The molecular formula is C22H35N5O8. The maximum absolute atomic E-state index is 12.9. The van der Waals surface area contributed by atoms with Gasteiger partial charge in [0.15, 0.2) is 12.0 Å². The van der Waals surface area contributed by atoms with Crippen LogP contribution in [-0.4, -0.2) is 75.1 Å². The lowest BCUT2D eigenvalue weighted by Gasteiger charge is -2.25. The molecule has 2 amide bonds. The standard InChI is InChI=1S/C22H35N5O8/c1-11(2)8-12(25-20(30)35-21(3,4)5)19(29)31-9-13-14-15(34-22(6,7)33-14)18(32-13)27-10-24-17(26-27)16(23)28/h10-15,18H,8-9H2,1-7H3,(H2,23,28)(H,25,30)/t12-,13?,14?,15?,18?/m0/s1. The molecule has 2 aliphatic heterocycles. The topological polar surface area (TPSA) is 166 Å². The first-order valence-electron chi connectivity index (χ1n) is 11.5. The number of fused-ring (bicyclic) bond motifs is 1. The number of hydrogen-bond acceptors (Lipinski definition) is 10. The molecule has 13 nitrogen and oxygen atoms in total. The second kappa shape index (κ2) is 10.1. The van der Waals surface area contributed by atoms with Gasteiger partial charge in [-0.15, -0.1) is 5.10 Å². The van der Waals surface area contributed by atoms with Crippen LogP contribution in [0.3, 0.4) is 0 Å². The Morgan fingerprint density at radius 2 is 1.89 bits per heavy atom. The zero-order chi connectivity index (χ0) is 26.1. The summed E-state index contributed by atoms with van der Waals surface area (Å²) >= 11 is 0. The van der Waals surface area contributed by atoms with Crippen molar-refractivity contribution in [3.8, 4) is 0 Å². The van der Waals surface area contributed by atoms with E-state index in [1.54, 1.807) is 34.6 Å². The number of nitrogens with zero attached hydrogens (tertiary/aromatic N) is 3. The van der Waals surface area contributed by atoms with Crippen molar-refractivity contribution >= 4 is 18.0 Å². The van der Waals surface area contributed by atoms with E-state index in [9.17, 15) is 14.4 Å². The molecule has 0 aromatic carbocycles. The number of rotatable bonds is 8. The van der Waals surface area contributed by atoms with Crippen molar-refractivity contribution in [2.75, 3.05) is 6.61 Å². The number of nitrogens with one attached hydrogen (secondary N) is 1. The van der Waals surface area contributed by atoms with Crippen molar-refractivity contribution in [1.29, 1.82) is 0 Å². The number of primary amides is 1. The number of carbonyl (C=O) groups is 3. The Kier molecular flexibility index (Phi) is 7.72. The molecule has 2 fully saturated rings. The number of ether oxygens (including phenoxy) is 5. The van der Waals surface area contributed by atoms with Gasteiger partial charge in [-0.2, -0.15) is 0 Å². The molecule has 1 aromatic heterocycles. The highest BCUT2D eigenvalue weighted by molar-refractivity contribution is 5.88. The summed E-state index contributed by atoms with van der Waals surface area (Å²) in [5.41, 5.74) is 4.54. The normalized spacial score (nSPS) is 26.3. The van der Waals surface area contributed by atoms with Crippen molar-refractivity contribution in [2.45, 2.75) is 96.9 Å². The van der Waals surface area contributed by atoms with E-state index in [1.165, 1.54) is 11.0 Å². The van der Waals surface area contributed by atoms with E-state index in [2.05, 4.69) is 15.4 Å². The van der Waals surface area contributed by atoms with Gasteiger partial charge in [0, 0.05) is 0 Å². The first kappa shape index (κ1) is 26.8. The fourth-order valence-corrected chi connectivity index (χ4v) is 3.92. The average Bonchev–Trinajstić information content (AvgIpc) is 3.37. The Morgan fingerprint density at radius 1 is 1.23 bits per heavy atom. The van der Waals surface area contributed by atoms with Crippen molar-refractivity contribution in [1.82, 2.24) is 20.1 Å². The van der Waals surface area contributed by atoms with E-state index in [1.807, 2.05) is 13.8 Å². The molecule has 3 heterocycles. The smallest absolute Gasteiger partial charge is 0.408 e. The molecule has 5 atom stereocenters. The van der Waals surface area contributed by atoms with E-state index in [0.717, 1.165) is 0 Å². The molecule has 0 radical (unpaired) electrons. The zero-order valence-electron chi connectivity index (χ0n) is 21.1. The number of carbonyl (C=O) groups excluding carboxylic acids is 3. The summed E-state index contributed by atoms with van der Waals surface area (Å²) in [5, 5.41) is 6.64. The predicted molar refractivity (Wildman–Crippen MR) is 120 cm³/mol. The first-order valence-corrected chi connectivity index (χ1v) is 11.5. The number of nitrogens with two attached hydrogens (primary N) is 1. The summed E-state index contributed by atoms with van der Waals surface area (Å²) in [6.07, 6.45) is -1.68. The van der Waals surface area contributed by atoms with Gasteiger partial charge in [0.25, 0.3) is 5.91 Å². The van der Waals surface area contributed by atoms with Crippen molar-refractivity contribution < 1.29 is 38.1 Å². The van der Waals surface area contributed by atoms with Crippen molar-refractivity contribution in [3.05, 3.63) is 12.2 Å². The molecular weight excluding hydrogens is 462 g/mol. The zero-order valence-corrected chi connectivity index (χ0v) is 21.1. The summed E-state index contributed by atoms with van der Waals surface area (Å²) in [7, 11) is 0. The molecule has 0 bridgehead atoms. The number of amides is 2. The summed E-state index contributed by atoms with van der Waals surface area (Å²) in [4.78, 5) is 40.4. The van der Waals surface area contributed by atoms with Gasteiger partial charge in [-0.05, 0) is 47.0 Å². The van der Waals surface area contributed by atoms with Crippen LogP contribution in [0.1, 0.15) is 71.7 Å². The Balaban J connectivity index is 1.68. The Labute approximate surface area is 203 Å². The highest BCUT2D eigenvalue weighted by atomic mass is 16.8. The minimum absolute atomic E-state index is 0.109. The third kappa shape index (κ3) is 6.89. The SMILES string of the molecule is CC(C)C[C@H](NC(=O)OC(C)(C)C)C(=O)OCC1OC(n2cnc(C(N)=O)n2)C2OC(C)(C)OC12. The van der Waals surface area contributed by atoms with Gasteiger partial charge < -0.3 is 34.7 Å². The fraction of sp³-hybridized carbons (Fsp3) is 0.773. The van der Waals surface area contributed by atoms with Crippen LogP contribution in [0.2, 0.25) is 0 Å². The third-order valence-electron chi connectivity index (χ3n) is 5.19. The minimum Gasteiger partial charge on any atom is -0.461 e. The lowest BCUT2D eigenvalue weighted by molar-refractivity contribution is -0.204. The molecule has 2 aliphatic rings. The lowest BCUT2D eigenvalue weighted by atomic mass is 10.0. The molecule has 0 saturated carbocycles. The number of esters is 1. The molecule has 3 rings (SSSR count). The van der Waals surface area contributed by atoms with Crippen molar-refractivity contribution in [3.63, 3.8) is 0 Å².